The van der Waals surface area contributed by atoms with Crippen molar-refractivity contribution in [3.8, 4) is 0 Å². The van der Waals surface area contributed by atoms with E-state index in [2.05, 4.69) is 4.98 Å². The summed E-state index contributed by atoms with van der Waals surface area (Å²) in [6.45, 7) is 2.32. The third-order valence-corrected chi connectivity index (χ3v) is 2.19. The lowest BCUT2D eigenvalue weighted by molar-refractivity contribution is -0.170. The van der Waals surface area contributed by atoms with Gasteiger partial charge in [-0.25, -0.2) is 5.06 Å². The number of carbonyl (C=O) groups excluding carboxylic acids is 2. The van der Waals surface area contributed by atoms with E-state index in [1.54, 1.807) is 30.7 Å². The lowest BCUT2D eigenvalue weighted by atomic mass is 10.2. The van der Waals surface area contributed by atoms with Gasteiger partial charge < -0.3 is 0 Å². The zero-order chi connectivity index (χ0) is 13.4. The van der Waals surface area contributed by atoms with Gasteiger partial charge in [0.15, 0.2) is 0 Å². The summed E-state index contributed by atoms with van der Waals surface area (Å²) in [5.41, 5.74) is 0.417. The third kappa shape index (κ3) is 3.78. The Morgan fingerprint density at radius 3 is 2.83 bits per heavy atom. The largest absolute Gasteiger partial charge is 0.285 e. The highest BCUT2D eigenvalue weighted by molar-refractivity contribution is 6.14. The molecule has 0 saturated heterocycles. The number of aromatic nitrogens is 1. The Labute approximate surface area is 106 Å². The predicted octanol–water partition coefficient (Wildman–Crippen LogP) is 1.37. The fraction of sp³-hybridized carbons (Fsp3) is 0.308. The zero-order valence-electron chi connectivity index (χ0n) is 10.4. The Hall–Kier alpha value is -2.01. The SMILES string of the molecule is CCCN(OC)C(=O)/C([C]=O)=C/c1ccccn1. The van der Waals surface area contributed by atoms with E-state index in [4.69, 9.17) is 4.84 Å². The minimum Gasteiger partial charge on any atom is -0.285 e. The fourth-order valence-electron chi connectivity index (χ4n) is 1.36. The summed E-state index contributed by atoms with van der Waals surface area (Å²) >= 11 is 0. The second-order valence-corrected chi connectivity index (χ2v) is 3.50. The Bertz CT molecular complexity index is 429. The van der Waals surface area contributed by atoms with Gasteiger partial charge in [-0.3, -0.25) is 19.4 Å². The molecule has 0 spiro atoms. The van der Waals surface area contributed by atoms with Gasteiger partial charge in [0, 0.05) is 12.7 Å². The smallest absolute Gasteiger partial charge is 0.281 e. The van der Waals surface area contributed by atoms with E-state index in [9.17, 15) is 9.59 Å². The van der Waals surface area contributed by atoms with Gasteiger partial charge in [-0.15, -0.1) is 0 Å². The molecule has 18 heavy (non-hydrogen) atoms. The molecule has 0 N–H and O–H groups in total. The average molecular weight is 247 g/mol. The summed E-state index contributed by atoms with van der Waals surface area (Å²) in [5.74, 6) is -0.514. The van der Waals surface area contributed by atoms with Crippen molar-refractivity contribution in [3.05, 3.63) is 35.7 Å². The molecular formula is C13H15N2O3. The van der Waals surface area contributed by atoms with Crippen molar-refractivity contribution >= 4 is 18.3 Å². The third-order valence-electron chi connectivity index (χ3n) is 2.19. The molecule has 0 aliphatic heterocycles. The van der Waals surface area contributed by atoms with Crippen LogP contribution in [0.1, 0.15) is 19.0 Å². The van der Waals surface area contributed by atoms with E-state index in [0.717, 1.165) is 11.5 Å². The first kappa shape index (κ1) is 14.1. The number of rotatable bonds is 6. The van der Waals surface area contributed by atoms with Crippen LogP contribution in [-0.2, 0) is 14.4 Å². The molecule has 0 aromatic carbocycles. The van der Waals surface area contributed by atoms with Gasteiger partial charge in [-0.1, -0.05) is 13.0 Å². The standard InChI is InChI=1S/C13H15N2O3/c1-3-8-15(18-2)13(17)11(10-16)9-12-6-4-5-7-14-12/h4-7,9H,3,8H2,1-2H3/b11-9+. The summed E-state index contributed by atoms with van der Waals surface area (Å²) < 4.78 is 0. The first-order valence-electron chi connectivity index (χ1n) is 5.59. The lowest BCUT2D eigenvalue weighted by Crippen LogP contribution is -2.32. The molecule has 0 unspecified atom stereocenters. The van der Waals surface area contributed by atoms with Crippen LogP contribution in [0, 0.1) is 0 Å². The summed E-state index contributed by atoms with van der Waals surface area (Å²) in [6.07, 6.45) is 5.32. The van der Waals surface area contributed by atoms with Gasteiger partial charge in [-0.2, -0.15) is 0 Å². The first-order chi connectivity index (χ1) is 8.72. The number of hydrogen-bond acceptors (Lipinski definition) is 4. The van der Waals surface area contributed by atoms with Gasteiger partial charge in [-0.05, 0) is 24.6 Å². The minimum atomic E-state index is -0.514. The average Bonchev–Trinajstić information content (AvgIpc) is 2.42. The zero-order valence-corrected chi connectivity index (χ0v) is 10.4. The Balaban J connectivity index is 2.92. The first-order valence-corrected chi connectivity index (χ1v) is 5.59. The van der Waals surface area contributed by atoms with Crippen LogP contribution in [0.2, 0.25) is 0 Å². The highest BCUT2D eigenvalue weighted by atomic mass is 16.7. The summed E-state index contributed by atoms with van der Waals surface area (Å²) in [7, 11) is 1.39. The molecule has 0 aliphatic carbocycles. The molecule has 1 aromatic rings. The number of carbonyl (C=O) groups is 1. The number of hydroxylamine groups is 2. The van der Waals surface area contributed by atoms with Crippen molar-refractivity contribution in [1.29, 1.82) is 0 Å². The number of amides is 1. The van der Waals surface area contributed by atoms with Crippen LogP contribution in [0.15, 0.2) is 30.0 Å². The second-order valence-electron chi connectivity index (χ2n) is 3.50. The fourth-order valence-corrected chi connectivity index (χ4v) is 1.36. The molecule has 95 valence electrons. The van der Waals surface area contributed by atoms with Gasteiger partial charge >= 0.3 is 0 Å². The molecule has 1 heterocycles. The van der Waals surface area contributed by atoms with Crippen LogP contribution >= 0.6 is 0 Å². The molecule has 0 atom stereocenters. The maximum absolute atomic E-state index is 11.9. The van der Waals surface area contributed by atoms with Crippen LogP contribution in [-0.4, -0.2) is 35.9 Å². The van der Waals surface area contributed by atoms with Crippen molar-refractivity contribution < 1.29 is 14.4 Å². The van der Waals surface area contributed by atoms with E-state index in [1.165, 1.54) is 13.2 Å². The van der Waals surface area contributed by atoms with E-state index in [1.807, 2.05) is 6.92 Å². The van der Waals surface area contributed by atoms with E-state index in [0.29, 0.717) is 12.2 Å². The highest BCUT2D eigenvalue weighted by Crippen LogP contribution is 2.06. The second kappa shape index (κ2) is 7.34. The molecular weight excluding hydrogens is 232 g/mol. The van der Waals surface area contributed by atoms with Crippen molar-refractivity contribution in [2.45, 2.75) is 13.3 Å². The van der Waals surface area contributed by atoms with Gasteiger partial charge in [0.1, 0.15) is 0 Å². The molecule has 1 rings (SSSR count). The highest BCUT2D eigenvalue weighted by Gasteiger charge is 2.18. The maximum atomic E-state index is 11.9. The van der Waals surface area contributed by atoms with Crippen molar-refractivity contribution in [3.63, 3.8) is 0 Å². The summed E-state index contributed by atoms with van der Waals surface area (Å²) in [4.78, 5) is 31.7. The molecule has 5 heteroatoms. The normalized spacial score (nSPS) is 11.1. The lowest BCUT2D eigenvalue weighted by Gasteiger charge is -2.18. The van der Waals surface area contributed by atoms with Crippen LogP contribution in [0.4, 0.5) is 0 Å². The Morgan fingerprint density at radius 1 is 1.56 bits per heavy atom. The Morgan fingerprint density at radius 2 is 2.33 bits per heavy atom. The van der Waals surface area contributed by atoms with Crippen LogP contribution in [0.3, 0.4) is 0 Å². The molecule has 1 aromatic heterocycles. The van der Waals surface area contributed by atoms with Gasteiger partial charge in [0.25, 0.3) is 5.91 Å². The molecule has 0 fully saturated rings. The monoisotopic (exact) mass is 247 g/mol. The van der Waals surface area contributed by atoms with Gasteiger partial charge in [0.05, 0.1) is 18.4 Å². The molecule has 1 radical (unpaired) electrons. The maximum Gasteiger partial charge on any atom is 0.281 e. The number of hydrogen-bond donors (Lipinski definition) is 0. The van der Waals surface area contributed by atoms with E-state index < -0.39 is 5.91 Å². The quantitative estimate of drug-likeness (QED) is 0.330. The molecule has 5 nitrogen and oxygen atoms in total. The van der Waals surface area contributed by atoms with Gasteiger partial charge in [0.2, 0.25) is 6.29 Å². The van der Waals surface area contributed by atoms with Crippen molar-refractivity contribution in [2.75, 3.05) is 13.7 Å². The minimum absolute atomic E-state index is 0.107. The predicted molar refractivity (Wildman–Crippen MR) is 66.9 cm³/mol. The van der Waals surface area contributed by atoms with E-state index >= 15 is 0 Å². The molecule has 0 bridgehead atoms. The van der Waals surface area contributed by atoms with Crippen LogP contribution in [0.25, 0.3) is 6.08 Å². The number of pyridine rings is 1. The summed E-state index contributed by atoms with van der Waals surface area (Å²) in [5, 5.41) is 1.12. The van der Waals surface area contributed by atoms with Crippen LogP contribution in [0.5, 0.6) is 0 Å². The van der Waals surface area contributed by atoms with Crippen LogP contribution < -0.4 is 0 Å². The van der Waals surface area contributed by atoms with Crippen molar-refractivity contribution in [2.24, 2.45) is 0 Å². The molecule has 0 saturated carbocycles. The van der Waals surface area contributed by atoms with Crippen molar-refractivity contribution in [1.82, 2.24) is 10.0 Å². The summed E-state index contributed by atoms with van der Waals surface area (Å²) in [6, 6.07) is 5.22. The molecule has 1 amide bonds. The topological polar surface area (TPSA) is 59.5 Å². The number of nitrogens with zero attached hydrogens (tertiary/aromatic N) is 2. The van der Waals surface area contributed by atoms with E-state index in [-0.39, 0.29) is 5.57 Å². The molecule has 0 aliphatic rings. The Kier molecular flexibility index (Phi) is 5.73.